The number of nitrogens with two attached hydrogens (primary N) is 1. The van der Waals surface area contributed by atoms with E-state index >= 15 is 0 Å². The first-order valence-corrected chi connectivity index (χ1v) is 7.02. The zero-order valence-electron chi connectivity index (χ0n) is 10.7. The van der Waals surface area contributed by atoms with Gasteiger partial charge in [-0.15, -0.1) is 0 Å². The molecule has 2 N–H and O–H groups in total. The summed E-state index contributed by atoms with van der Waals surface area (Å²) in [5, 5.41) is 0. The van der Waals surface area contributed by atoms with Gasteiger partial charge in [-0.25, -0.2) is 0 Å². The van der Waals surface area contributed by atoms with Crippen LogP contribution >= 0.6 is 28.1 Å². The lowest BCUT2D eigenvalue weighted by molar-refractivity contribution is 0.479. The summed E-state index contributed by atoms with van der Waals surface area (Å²) >= 11 is 8.48. The van der Waals surface area contributed by atoms with E-state index in [9.17, 15) is 0 Å². The van der Waals surface area contributed by atoms with E-state index in [2.05, 4.69) is 15.9 Å². The van der Waals surface area contributed by atoms with Gasteiger partial charge in [-0.3, -0.25) is 0 Å². The summed E-state index contributed by atoms with van der Waals surface area (Å²) in [6.45, 7) is 4.00. The van der Waals surface area contributed by atoms with E-state index in [1.54, 1.807) is 0 Å². The van der Waals surface area contributed by atoms with Crippen LogP contribution in [0.3, 0.4) is 0 Å². The molecule has 0 aliphatic rings. The lowest BCUT2D eigenvalue weighted by atomic mass is 10.1. The van der Waals surface area contributed by atoms with E-state index in [4.69, 9.17) is 22.7 Å². The number of halogens is 1. The molecule has 0 atom stereocenters. The van der Waals surface area contributed by atoms with E-state index in [1.807, 2.05) is 50.2 Å². The molecule has 0 radical (unpaired) electrons. The Morgan fingerprint density at radius 1 is 1.16 bits per heavy atom. The monoisotopic (exact) mass is 335 g/mol. The van der Waals surface area contributed by atoms with Gasteiger partial charge in [0.05, 0.1) is 4.47 Å². The fraction of sp³-hybridized carbons (Fsp3) is 0.133. The highest BCUT2D eigenvalue weighted by molar-refractivity contribution is 9.10. The second-order valence-corrected chi connectivity index (χ2v) is 5.67. The average molecular weight is 336 g/mol. The molecule has 0 heterocycles. The van der Waals surface area contributed by atoms with Gasteiger partial charge in [0.15, 0.2) is 0 Å². The molecule has 19 heavy (non-hydrogen) atoms. The third-order valence-corrected chi connectivity index (χ3v) is 3.62. The van der Waals surface area contributed by atoms with Crippen molar-refractivity contribution >= 4 is 33.1 Å². The Bertz CT molecular complexity index is 640. The van der Waals surface area contributed by atoms with Crippen molar-refractivity contribution in [1.29, 1.82) is 0 Å². The standard InChI is InChI=1S/C15H14BrNOS/c1-9-3-6-14(13(16)7-9)18-11-4-5-12(15(17)19)10(2)8-11/h3-8H,1-2H3,(H2,17,19). The molecule has 0 spiro atoms. The van der Waals surface area contributed by atoms with Gasteiger partial charge in [-0.05, 0) is 71.2 Å². The maximum atomic E-state index is 5.85. The van der Waals surface area contributed by atoms with Crippen LogP contribution in [0.1, 0.15) is 16.7 Å². The quantitative estimate of drug-likeness (QED) is 0.839. The van der Waals surface area contributed by atoms with Gasteiger partial charge >= 0.3 is 0 Å². The molecule has 2 aromatic rings. The van der Waals surface area contributed by atoms with E-state index in [0.717, 1.165) is 27.1 Å². The number of rotatable bonds is 3. The molecule has 2 aromatic carbocycles. The highest BCUT2D eigenvalue weighted by atomic mass is 79.9. The van der Waals surface area contributed by atoms with Crippen LogP contribution in [0.25, 0.3) is 0 Å². The van der Waals surface area contributed by atoms with Crippen LogP contribution in [0, 0.1) is 13.8 Å². The van der Waals surface area contributed by atoms with Crippen molar-refractivity contribution in [3.05, 3.63) is 57.6 Å². The summed E-state index contributed by atoms with van der Waals surface area (Å²) in [5.41, 5.74) is 8.71. The number of aryl methyl sites for hydroxylation is 2. The normalized spacial score (nSPS) is 10.3. The molecule has 0 aromatic heterocycles. The van der Waals surface area contributed by atoms with Crippen LogP contribution < -0.4 is 10.5 Å². The highest BCUT2D eigenvalue weighted by Crippen LogP contribution is 2.31. The zero-order valence-corrected chi connectivity index (χ0v) is 13.1. The summed E-state index contributed by atoms with van der Waals surface area (Å²) in [4.78, 5) is 0.403. The first-order valence-electron chi connectivity index (χ1n) is 5.82. The first-order chi connectivity index (χ1) is 8.97. The molecule has 2 rings (SSSR count). The average Bonchev–Trinajstić information content (AvgIpc) is 2.32. The molecule has 4 heteroatoms. The lowest BCUT2D eigenvalue weighted by Gasteiger charge is -2.11. The topological polar surface area (TPSA) is 35.2 Å². The van der Waals surface area contributed by atoms with Gasteiger partial charge in [0.2, 0.25) is 0 Å². The maximum absolute atomic E-state index is 5.85. The van der Waals surface area contributed by atoms with E-state index in [1.165, 1.54) is 5.56 Å². The van der Waals surface area contributed by atoms with Gasteiger partial charge in [-0.2, -0.15) is 0 Å². The number of hydrogen-bond acceptors (Lipinski definition) is 2. The number of hydrogen-bond donors (Lipinski definition) is 1. The van der Waals surface area contributed by atoms with E-state index < -0.39 is 0 Å². The molecular weight excluding hydrogens is 322 g/mol. The summed E-state index contributed by atoms with van der Waals surface area (Å²) in [6, 6.07) is 11.7. The van der Waals surface area contributed by atoms with Crippen molar-refractivity contribution in [2.75, 3.05) is 0 Å². The van der Waals surface area contributed by atoms with Gasteiger partial charge in [0.25, 0.3) is 0 Å². The molecular formula is C15H14BrNOS. The maximum Gasteiger partial charge on any atom is 0.141 e. The Morgan fingerprint density at radius 2 is 1.89 bits per heavy atom. The number of ether oxygens (including phenoxy) is 1. The summed E-state index contributed by atoms with van der Waals surface area (Å²) in [6.07, 6.45) is 0. The molecule has 0 fully saturated rings. The van der Waals surface area contributed by atoms with Crippen molar-refractivity contribution in [1.82, 2.24) is 0 Å². The minimum atomic E-state index is 0.403. The Hall–Kier alpha value is -1.39. The largest absolute Gasteiger partial charge is 0.456 e. The van der Waals surface area contributed by atoms with E-state index in [0.29, 0.717) is 4.99 Å². The zero-order chi connectivity index (χ0) is 14.0. The summed E-state index contributed by atoms with van der Waals surface area (Å²) < 4.78 is 6.78. The van der Waals surface area contributed by atoms with Crippen molar-refractivity contribution in [2.24, 2.45) is 5.73 Å². The SMILES string of the molecule is Cc1ccc(Oc2ccc(C(N)=S)c(C)c2)c(Br)c1. The molecule has 0 aliphatic carbocycles. The Kier molecular flexibility index (Phi) is 4.22. The third-order valence-electron chi connectivity index (χ3n) is 2.78. The highest BCUT2D eigenvalue weighted by Gasteiger charge is 2.06. The van der Waals surface area contributed by atoms with Gasteiger partial charge in [-0.1, -0.05) is 18.3 Å². The summed E-state index contributed by atoms with van der Waals surface area (Å²) in [7, 11) is 0. The molecule has 98 valence electrons. The van der Waals surface area contributed by atoms with E-state index in [-0.39, 0.29) is 0 Å². The van der Waals surface area contributed by atoms with Crippen LogP contribution in [-0.4, -0.2) is 4.99 Å². The second kappa shape index (κ2) is 5.72. The van der Waals surface area contributed by atoms with Crippen molar-refractivity contribution in [3.63, 3.8) is 0 Å². The number of benzene rings is 2. The molecule has 0 bridgehead atoms. The van der Waals surface area contributed by atoms with Gasteiger partial charge < -0.3 is 10.5 Å². The van der Waals surface area contributed by atoms with Crippen LogP contribution in [0.2, 0.25) is 0 Å². The Labute approximate surface area is 126 Å². The first kappa shape index (κ1) is 14.0. The smallest absolute Gasteiger partial charge is 0.141 e. The van der Waals surface area contributed by atoms with Gasteiger partial charge in [0, 0.05) is 5.56 Å². The molecule has 0 unspecified atom stereocenters. The third kappa shape index (κ3) is 3.33. The summed E-state index contributed by atoms with van der Waals surface area (Å²) in [5.74, 6) is 1.55. The fourth-order valence-corrected chi connectivity index (χ4v) is 2.59. The predicted octanol–water partition coefficient (Wildman–Crippen LogP) is 4.49. The van der Waals surface area contributed by atoms with Crippen LogP contribution in [0.4, 0.5) is 0 Å². The van der Waals surface area contributed by atoms with Crippen LogP contribution in [0.5, 0.6) is 11.5 Å². The minimum Gasteiger partial charge on any atom is -0.456 e. The van der Waals surface area contributed by atoms with Crippen molar-refractivity contribution in [2.45, 2.75) is 13.8 Å². The molecule has 0 saturated carbocycles. The Balaban J connectivity index is 2.29. The van der Waals surface area contributed by atoms with Crippen LogP contribution in [-0.2, 0) is 0 Å². The predicted molar refractivity (Wildman–Crippen MR) is 86.0 cm³/mol. The van der Waals surface area contributed by atoms with Gasteiger partial charge in [0.1, 0.15) is 16.5 Å². The molecule has 2 nitrogen and oxygen atoms in total. The lowest BCUT2D eigenvalue weighted by Crippen LogP contribution is -2.10. The Morgan fingerprint density at radius 3 is 2.47 bits per heavy atom. The number of thiocarbonyl (C=S) groups is 1. The van der Waals surface area contributed by atoms with Crippen LogP contribution in [0.15, 0.2) is 40.9 Å². The molecule has 0 aliphatic heterocycles. The van der Waals surface area contributed by atoms with Crippen molar-refractivity contribution < 1.29 is 4.74 Å². The molecule has 0 amide bonds. The second-order valence-electron chi connectivity index (χ2n) is 4.38. The molecule has 0 saturated heterocycles. The fourth-order valence-electron chi connectivity index (χ4n) is 1.79. The van der Waals surface area contributed by atoms with Crippen molar-refractivity contribution in [3.8, 4) is 11.5 Å². The minimum absolute atomic E-state index is 0.403.